The molecular weight excluding hydrogens is 379 g/mol. The molecule has 0 aliphatic carbocycles. The maximum absolute atomic E-state index is 13.5. The van der Waals surface area contributed by atoms with E-state index in [1.165, 1.54) is 24.3 Å². The van der Waals surface area contributed by atoms with E-state index in [-0.39, 0.29) is 18.1 Å². The zero-order chi connectivity index (χ0) is 20.8. The molecule has 0 fully saturated rings. The van der Waals surface area contributed by atoms with E-state index in [1.807, 2.05) is 0 Å². The van der Waals surface area contributed by atoms with Crippen molar-refractivity contribution < 1.29 is 28.2 Å². The number of carbonyl (C=O) groups is 2. The highest BCUT2D eigenvalue weighted by molar-refractivity contribution is 5.99. The molecule has 8 heteroatoms. The summed E-state index contributed by atoms with van der Waals surface area (Å²) < 4.78 is 23.8. The second-order valence-corrected chi connectivity index (χ2v) is 6.00. The smallest absolute Gasteiger partial charge is 0.371 e. The summed E-state index contributed by atoms with van der Waals surface area (Å²) >= 11 is 0. The van der Waals surface area contributed by atoms with Crippen LogP contribution in [0.15, 0.2) is 70.2 Å². The molecule has 0 saturated heterocycles. The van der Waals surface area contributed by atoms with Gasteiger partial charge in [-0.05, 0) is 36.8 Å². The van der Waals surface area contributed by atoms with Crippen molar-refractivity contribution in [1.29, 1.82) is 0 Å². The molecule has 0 aliphatic rings. The van der Waals surface area contributed by atoms with E-state index in [0.29, 0.717) is 17.0 Å². The predicted octanol–water partition coefficient (Wildman–Crippen LogP) is 3.70. The third kappa shape index (κ3) is 5.07. The summed E-state index contributed by atoms with van der Waals surface area (Å²) in [5, 5.41) is 12.9. The molecule has 0 atom stereocenters. The maximum atomic E-state index is 13.5. The molecule has 0 saturated carbocycles. The van der Waals surface area contributed by atoms with Gasteiger partial charge in [-0.25, -0.2) is 14.6 Å². The largest absolute Gasteiger partial charge is 0.481 e. The first-order chi connectivity index (χ1) is 13.9. The number of rotatable bonds is 7. The zero-order valence-corrected chi connectivity index (χ0v) is 15.4. The van der Waals surface area contributed by atoms with Gasteiger partial charge in [-0.3, -0.25) is 4.79 Å². The van der Waals surface area contributed by atoms with Crippen LogP contribution in [0.4, 0.5) is 4.39 Å². The summed E-state index contributed by atoms with van der Waals surface area (Å²) in [6, 6.07) is 15.8. The number of carbonyl (C=O) groups excluding carboxylic acids is 1. The maximum Gasteiger partial charge on any atom is 0.371 e. The van der Waals surface area contributed by atoms with Crippen LogP contribution in [0.2, 0.25) is 0 Å². The lowest BCUT2D eigenvalue weighted by molar-refractivity contribution is -0.123. The zero-order valence-electron chi connectivity index (χ0n) is 15.4. The van der Waals surface area contributed by atoms with Gasteiger partial charge in [0.15, 0.2) is 18.2 Å². The van der Waals surface area contributed by atoms with Gasteiger partial charge in [0.1, 0.15) is 5.76 Å². The second-order valence-electron chi connectivity index (χ2n) is 6.00. The van der Waals surface area contributed by atoms with Crippen LogP contribution >= 0.6 is 0 Å². The first kappa shape index (κ1) is 19.8. The fraction of sp³-hybridized carbons (Fsp3) is 0.0952. The van der Waals surface area contributed by atoms with Crippen LogP contribution < -0.4 is 10.2 Å². The number of para-hydroxylation sites is 1. The van der Waals surface area contributed by atoms with Crippen molar-refractivity contribution in [2.75, 3.05) is 6.61 Å². The normalized spacial score (nSPS) is 11.2. The number of carboxylic acids is 1. The minimum Gasteiger partial charge on any atom is -0.481 e. The molecule has 0 aliphatic heterocycles. The molecule has 0 spiro atoms. The average Bonchev–Trinajstić information content (AvgIpc) is 3.22. The van der Waals surface area contributed by atoms with E-state index in [9.17, 15) is 14.0 Å². The highest BCUT2D eigenvalue weighted by Crippen LogP contribution is 2.23. The van der Waals surface area contributed by atoms with Crippen molar-refractivity contribution in [3.8, 4) is 17.1 Å². The Hall–Kier alpha value is -3.94. The third-order valence-electron chi connectivity index (χ3n) is 3.95. The van der Waals surface area contributed by atoms with E-state index in [2.05, 4.69) is 10.5 Å². The molecule has 2 aromatic carbocycles. The molecule has 7 nitrogen and oxygen atoms in total. The van der Waals surface area contributed by atoms with Gasteiger partial charge < -0.3 is 14.3 Å². The summed E-state index contributed by atoms with van der Waals surface area (Å²) in [6.45, 7) is 1.34. The van der Waals surface area contributed by atoms with Gasteiger partial charge in [0.05, 0.1) is 5.71 Å². The first-order valence-corrected chi connectivity index (χ1v) is 8.58. The number of aromatic carboxylic acids is 1. The number of furan rings is 1. The Morgan fingerprint density at radius 3 is 2.48 bits per heavy atom. The summed E-state index contributed by atoms with van der Waals surface area (Å²) in [7, 11) is 0. The number of hydrogen-bond donors (Lipinski definition) is 2. The number of hydrazone groups is 1. The molecule has 1 aromatic heterocycles. The molecule has 148 valence electrons. The highest BCUT2D eigenvalue weighted by atomic mass is 19.1. The molecule has 3 rings (SSSR count). The van der Waals surface area contributed by atoms with Crippen LogP contribution in [0.5, 0.6) is 5.75 Å². The fourth-order valence-electron chi connectivity index (χ4n) is 2.43. The van der Waals surface area contributed by atoms with Crippen molar-refractivity contribution in [2.24, 2.45) is 5.10 Å². The van der Waals surface area contributed by atoms with Crippen LogP contribution in [-0.4, -0.2) is 29.3 Å². The van der Waals surface area contributed by atoms with Crippen LogP contribution in [0.25, 0.3) is 11.3 Å². The number of amides is 1. The second kappa shape index (κ2) is 8.83. The molecule has 1 heterocycles. The fourth-order valence-corrected chi connectivity index (χ4v) is 2.43. The Morgan fingerprint density at radius 1 is 1.10 bits per heavy atom. The van der Waals surface area contributed by atoms with Gasteiger partial charge in [-0.1, -0.05) is 36.4 Å². The van der Waals surface area contributed by atoms with Gasteiger partial charge in [0.2, 0.25) is 5.76 Å². The SMILES string of the molecule is C/C(=N/NC(=O)COc1ccccc1F)c1ccc(-c2ccc(C(=O)O)o2)cc1. The molecule has 0 unspecified atom stereocenters. The topological polar surface area (TPSA) is 101 Å². The van der Waals surface area contributed by atoms with Gasteiger partial charge in [0, 0.05) is 5.56 Å². The van der Waals surface area contributed by atoms with Crippen LogP contribution in [0.1, 0.15) is 23.0 Å². The van der Waals surface area contributed by atoms with Crippen molar-refractivity contribution in [3.63, 3.8) is 0 Å². The lowest BCUT2D eigenvalue weighted by Crippen LogP contribution is -2.25. The highest BCUT2D eigenvalue weighted by Gasteiger charge is 2.11. The molecule has 1 amide bonds. The standard InChI is InChI=1S/C21H17FN2O5/c1-13(23-24-20(25)12-28-18-5-3-2-4-16(18)22)14-6-8-15(9-7-14)17-10-11-19(29-17)21(26)27/h2-11H,12H2,1H3,(H,24,25)(H,26,27)/b23-13-. The number of hydrogen-bond acceptors (Lipinski definition) is 5. The number of nitrogens with one attached hydrogen (secondary N) is 1. The summed E-state index contributed by atoms with van der Waals surface area (Å²) in [6.07, 6.45) is 0. The number of nitrogens with zero attached hydrogens (tertiary/aromatic N) is 1. The van der Waals surface area contributed by atoms with Gasteiger partial charge in [-0.15, -0.1) is 0 Å². The minimum absolute atomic E-state index is 0.0112. The predicted molar refractivity (Wildman–Crippen MR) is 103 cm³/mol. The Morgan fingerprint density at radius 2 is 1.83 bits per heavy atom. The molecule has 0 radical (unpaired) electrons. The first-order valence-electron chi connectivity index (χ1n) is 8.58. The Kier molecular flexibility index (Phi) is 6.03. The number of carboxylic acid groups (broad SMARTS) is 1. The van der Waals surface area contributed by atoms with Crippen LogP contribution in [-0.2, 0) is 4.79 Å². The molecular formula is C21H17FN2O5. The Labute approximate surface area is 165 Å². The quantitative estimate of drug-likeness (QED) is 0.468. The van der Waals surface area contributed by atoms with E-state index < -0.39 is 17.7 Å². The Balaban J connectivity index is 1.58. The van der Waals surface area contributed by atoms with Crippen molar-refractivity contribution in [3.05, 3.63) is 77.8 Å². The number of benzene rings is 2. The average molecular weight is 396 g/mol. The monoisotopic (exact) mass is 396 g/mol. The van der Waals surface area contributed by atoms with Gasteiger partial charge in [-0.2, -0.15) is 5.10 Å². The number of ether oxygens (including phenoxy) is 1. The van der Waals surface area contributed by atoms with E-state index >= 15 is 0 Å². The van der Waals surface area contributed by atoms with Crippen LogP contribution in [0.3, 0.4) is 0 Å². The summed E-state index contributed by atoms with van der Waals surface area (Å²) in [5.41, 5.74) is 4.34. The molecule has 2 N–H and O–H groups in total. The van der Waals surface area contributed by atoms with Crippen LogP contribution in [0, 0.1) is 5.82 Å². The molecule has 0 bridgehead atoms. The van der Waals surface area contributed by atoms with E-state index in [4.69, 9.17) is 14.3 Å². The lowest BCUT2D eigenvalue weighted by Gasteiger charge is -2.07. The van der Waals surface area contributed by atoms with Crippen molar-refractivity contribution in [2.45, 2.75) is 6.92 Å². The third-order valence-corrected chi connectivity index (χ3v) is 3.95. The summed E-state index contributed by atoms with van der Waals surface area (Å²) in [5.74, 6) is -1.93. The van der Waals surface area contributed by atoms with E-state index in [1.54, 1.807) is 43.3 Å². The lowest BCUT2D eigenvalue weighted by atomic mass is 10.1. The molecule has 3 aromatic rings. The van der Waals surface area contributed by atoms with E-state index in [0.717, 1.165) is 5.56 Å². The van der Waals surface area contributed by atoms with Gasteiger partial charge >= 0.3 is 5.97 Å². The van der Waals surface area contributed by atoms with Crippen molar-refractivity contribution in [1.82, 2.24) is 5.43 Å². The Bertz CT molecular complexity index is 1060. The molecule has 29 heavy (non-hydrogen) atoms. The summed E-state index contributed by atoms with van der Waals surface area (Å²) in [4.78, 5) is 22.7. The van der Waals surface area contributed by atoms with Gasteiger partial charge in [0.25, 0.3) is 5.91 Å². The minimum atomic E-state index is -1.13. The number of halogens is 1. The van der Waals surface area contributed by atoms with Crippen molar-refractivity contribution >= 4 is 17.6 Å².